The third kappa shape index (κ3) is 4.99. The number of esters is 1. The van der Waals surface area contributed by atoms with Crippen molar-refractivity contribution >= 4 is 17.6 Å². The van der Waals surface area contributed by atoms with E-state index in [2.05, 4.69) is 0 Å². The normalized spacial score (nSPS) is 11.9. The van der Waals surface area contributed by atoms with Crippen LogP contribution in [-0.2, 0) is 9.53 Å². The molecule has 3 heteroatoms. The maximum absolute atomic E-state index is 12.1. The maximum atomic E-state index is 12.1. The van der Waals surface area contributed by atoms with Gasteiger partial charge in [0.05, 0.1) is 12.7 Å². The molecule has 3 nitrogen and oxygen atoms in total. The van der Waals surface area contributed by atoms with E-state index in [-0.39, 0.29) is 11.6 Å². The summed E-state index contributed by atoms with van der Waals surface area (Å²) < 4.78 is 10.7. The van der Waals surface area contributed by atoms with Crippen LogP contribution in [0.1, 0.15) is 31.9 Å². The number of rotatable bonds is 4. The molecule has 2 aromatic carbocycles. The van der Waals surface area contributed by atoms with E-state index in [9.17, 15) is 4.79 Å². The molecular formula is C20H22O3. The first-order chi connectivity index (χ1) is 10.9. The van der Waals surface area contributed by atoms with Crippen LogP contribution in [0.4, 0.5) is 0 Å². The third-order valence-electron chi connectivity index (χ3n) is 3.11. The summed E-state index contributed by atoms with van der Waals surface area (Å²) in [7, 11) is 1.39. The second-order valence-corrected chi connectivity index (χ2v) is 6.20. The largest absolute Gasteiger partial charge is 0.488 e. The number of carbonyl (C=O) groups is 1. The van der Waals surface area contributed by atoms with E-state index >= 15 is 0 Å². The van der Waals surface area contributed by atoms with Gasteiger partial charge in [0.2, 0.25) is 0 Å². The van der Waals surface area contributed by atoms with E-state index < -0.39 is 0 Å². The molecule has 0 N–H and O–H groups in total. The number of carbonyl (C=O) groups excluding carboxylic acids is 1. The summed E-state index contributed by atoms with van der Waals surface area (Å²) in [5, 5.41) is 0. The van der Waals surface area contributed by atoms with Crippen molar-refractivity contribution in [1.82, 2.24) is 0 Å². The molecule has 0 unspecified atom stereocenters. The van der Waals surface area contributed by atoms with E-state index in [1.54, 1.807) is 0 Å². The summed E-state index contributed by atoms with van der Waals surface area (Å²) in [6.07, 6.45) is 1.82. The van der Waals surface area contributed by atoms with Crippen LogP contribution in [0.5, 0.6) is 5.75 Å². The lowest BCUT2D eigenvalue weighted by Crippen LogP contribution is -2.22. The second-order valence-electron chi connectivity index (χ2n) is 6.20. The molecule has 0 amide bonds. The van der Waals surface area contributed by atoms with E-state index in [1.807, 2.05) is 81.4 Å². The molecule has 120 valence electrons. The Morgan fingerprint density at radius 1 is 0.957 bits per heavy atom. The molecule has 0 aliphatic rings. The van der Waals surface area contributed by atoms with Crippen LogP contribution in [-0.4, -0.2) is 18.7 Å². The van der Waals surface area contributed by atoms with Crippen molar-refractivity contribution in [2.75, 3.05) is 7.11 Å². The highest BCUT2D eigenvalue weighted by molar-refractivity contribution is 6.21. The number of ether oxygens (including phenoxy) is 2. The molecule has 0 aliphatic carbocycles. The summed E-state index contributed by atoms with van der Waals surface area (Å²) in [6, 6.07) is 17.2. The average Bonchev–Trinajstić information content (AvgIpc) is 2.52. The van der Waals surface area contributed by atoms with Gasteiger partial charge in [0.15, 0.2) is 0 Å². The first kappa shape index (κ1) is 16.8. The topological polar surface area (TPSA) is 35.5 Å². The molecule has 2 aromatic rings. The number of hydrogen-bond acceptors (Lipinski definition) is 3. The highest BCUT2D eigenvalue weighted by Crippen LogP contribution is 2.24. The van der Waals surface area contributed by atoms with Crippen molar-refractivity contribution in [1.29, 1.82) is 0 Å². The zero-order chi connectivity index (χ0) is 16.9. The lowest BCUT2D eigenvalue weighted by molar-refractivity contribution is -0.133. The van der Waals surface area contributed by atoms with E-state index in [4.69, 9.17) is 9.47 Å². The predicted octanol–water partition coefficient (Wildman–Crippen LogP) is 4.58. The molecule has 0 heterocycles. The summed E-state index contributed by atoms with van der Waals surface area (Å²) in [4.78, 5) is 12.1. The molecule has 0 spiro atoms. The Labute approximate surface area is 137 Å². The summed E-state index contributed by atoms with van der Waals surface area (Å²) >= 11 is 0. The van der Waals surface area contributed by atoms with Crippen LogP contribution in [0, 0.1) is 0 Å². The van der Waals surface area contributed by atoms with Gasteiger partial charge in [-0.1, -0.05) is 42.5 Å². The lowest BCUT2D eigenvalue weighted by Gasteiger charge is -2.21. The SMILES string of the molecule is COC(=O)/C(=C/c1ccccc1)c1ccc(OC(C)(C)C)cc1. The molecule has 0 bridgehead atoms. The van der Waals surface area contributed by atoms with Crippen molar-refractivity contribution in [3.05, 3.63) is 65.7 Å². The smallest absolute Gasteiger partial charge is 0.338 e. The first-order valence-corrected chi connectivity index (χ1v) is 7.53. The van der Waals surface area contributed by atoms with Gasteiger partial charge in [-0.25, -0.2) is 4.79 Å². The van der Waals surface area contributed by atoms with Gasteiger partial charge in [-0.15, -0.1) is 0 Å². The van der Waals surface area contributed by atoms with Crippen LogP contribution in [0.3, 0.4) is 0 Å². The minimum absolute atomic E-state index is 0.257. The Balaban J connectivity index is 2.33. The van der Waals surface area contributed by atoms with Gasteiger partial charge < -0.3 is 9.47 Å². The van der Waals surface area contributed by atoms with Gasteiger partial charge in [-0.05, 0) is 50.1 Å². The molecule has 0 saturated carbocycles. The van der Waals surface area contributed by atoms with Gasteiger partial charge in [-0.3, -0.25) is 0 Å². The zero-order valence-corrected chi connectivity index (χ0v) is 14.0. The summed E-state index contributed by atoms with van der Waals surface area (Å²) in [5.41, 5.74) is 2.00. The summed E-state index contributed by atoms with van der Waals surface area (Å²) in [5.74, 6) is 0.406. The van der Waals surface area contributed by atoms with Gasteiger partial charge in [-0.2, -0.15) is 0 Å². The molecule has 23 heavy (non-hydrogen) atoms. The van der Waals surface area contributed by atoms with Gasteiger partial charge in [0, 0.05) is 0 Å². The van der Waals surface area contributed by atoms with Crippen LogP contribution in [0.25, 0.3) is 11.6 Å². The van der Waals surface area contributed by atoms with Crippen LogP contribution in [0.15, 0.2) is 54.6 Å². The quantitative estimate of drug-likeness (QED) is 0.471. The standard InChI is InChI=1S/C20H22O3/c1-20(2,3)23-17-12-10-16(11-13-17)18(19(21)22-4)14-15-8-6-5-7-9-15/h5-14H,1-4H3/b18-14+. The van der Waals surface area contributed by atoms with Gasteiger partial charge in [0.25, 0.3) is 0 Å². The third-order valence-corrected chi connectivity index (χ3v) is 3.11. The predicted molar refractivity (Wildman–Crippen MR) is 93.2 cm³/mol. The van der Waals surface area contributed by atoms with Crippen LogP contribution >= 0.6 is 0 Å². The van der Waals surface area contributed by atoms with Crippen molar-refractivity contribution in [2.45, 2.75) is 26.4 Å². The van der Waals surface area contributed by atoms with Gasteiger partial charge in [0.1, 0.15) is 11.4 Å². The Hall–Kier alpha value is -2.55. The second kappa shape index (κ2) is 7.14. The van der Waals surface area contributed by atoms with E-state index in [1.165, 1.54) is 7.11 Å². The number of benzene rings is 2. The average molecular weight is 310 g/mol. The molecule has 2 rings (SSSR count). The molecule has 0 saturated heterocycles. The fraction of sp³-hybridized carbons (Fsp3) is 0.250. The van der Waals surface area contributed by atoms with E-state index in [0.29, 0.717) is 5.57 Å². The summed E-state index contributed by atoms with van der Waals surface area (Å²) in [6.45, 7) is 5.99. The Kier molecular flexibility index (Phi) is 5.22. The minimum Gasteiger partial charge on any atom is -0.488 e. The van der Waals surface area contributed by atoms with Gasteiger partial charge >= 0.3 is 5.97 Å². The van der Waals surface area contributed by atoms with Crippen LogP contribution < -0.4 is 4.74 Å². The number of methoxy groups -OCH3 is 1. The highest BCUT2D eigenvalue weighted by Gasteiger charge is 2.15. The number of hydrogen-bond donors (Lipinski definition) is 0. The Morgan fingerprint density at radius 2 is 1.57 bits per heavy atom. The molecule has 0 fully saturated rings. The monoisotopic (exact) mass is 310 g/mol. The molecular weight excluding hydrogens is 288 g/mol. The van der Waals surface area contributed by atoms with Crippen molar-refractivity contribution in [2.24, 2.45) is 0 Å². The fourth-order valence-corrected chi connectivity index (χ4v) is 2.14. The lowest BCUT2D eigenvalue weighted by atomic mass is 10.0. The van der Waals surface area contributed by atoms with Crippen LogP contribution in [0.2, 0.25) is 0 Å². The van der Waals surface area contributed by atoms with Crippen molar-refractivity contribution in [3.8, 4) is 5.75 Å². The first-order valence-electron chi connectivity index (χ1n) is 7.53. The molecule has 0 atom stereocenters. The Morgan fingerprint density at radius 3 is 2.09 bits per heavy atom. The maximum Gasteiger partial charge on any atom is 0.338 e. The zero-order valence-electron chi connectivity index (χ0n) is 14.0. The van der Waals surface area contributed by atoms with Crippen molar-refractivity contribution < 1.29 is 14.3 Å². The molecule has 0 radical (unpaired) electrons. The Bertz CT molecular complexity index is 677. The molecule has 0 aromatic heterocycles. The van der Waals surface area contributed by atoms with Crippen molar-refractivity contribution in [3.63, 3.8) is 0 Å². The highest BCUT2D eigenvalue weighted by atomic mass is 16.5. The fourth-order valence-electron chi connectivity index (χ4n) is 2.14. The molecule has 0 aliphatic heterocycles. The van der Waals surface area contributed by atoms with E-state index in [0.717, 1.165) is 16.9 Å². The minimum atomic E-state index is -0.363.